The van der Waals surface area contributed by atoms with Gasteiger partial charge in [0.15, 0.2) is 0 Å². The maximum absolute atomic E-state index is 12.8. The first kappa shape index (κ1) is 18.5. The summed E-state index contributed by atoms with van der Waals surface area (Å²) in [4.78, 5) is 29.7. The molecule has 0 aromatic carbocycles. The number of rotatable bonds is 5. The van der Waals surface area contributed by atoms with Gasteiger partial charge in [0.25, 0.3) is 5.91 Å². The van der Waals surface area contributed by atoms with E-state index < -0.39 is 0 Å². The van der Waals surface area contributed by atoms with Gasteiger partial charge in [-0.2, -0.15) is 0 Å². The summed E-state index contributed by atoms with van der Waals surface area (Å²) in [6.07, 6.45) is 1.50. The van der Waals surface area contributed by atoms with Crippen molar-refractivity contribution in [3.63, 3.8) is 0 Å². The van der Waals surface area contributed by atoms with Gasteiger partial charge in [0, 0.05) is 19.3 Å². The molecule has 136 valence electrons. The van der Waals surface area contributed by atoms with Crippen molar-refractivity contribution < 1.29 is 4.79 Å². The van der Waals surface area contributed by atoms with Crippen LogP contribution < -0.4 is 10.2 Å². The van der Waals surface area contributed by atoms with Crippen molar-refractivity contribution in [2.24, 2.45) is 0 Å². The Morgan fingerprint density at radius 3 is 2.58 bits per heavy atom. The Kier molecular flexibility index (Phi) is 5.38. The van der Waals surface area contributed by atoms with Crippen LogP contribution in [0.1, 0.15) is 34.9 Å². The molecule has 0 spiro atoms. The zero-order valence-electron chi connectivity index (χ0n) is 15.1. The summed E-state index contributed by atoms with van der Waals surface area (Å²) >= 11 is 7.22. The van der Waals surface area contributed by atoms with E-state index in [1.807, 2.05) is 13.8 Å². The normalized spacial score (nSPS) is 11.0. The Hall–Kier alpha value is -2.25. The number of aryl methyl sites for hydroxylation is 2. The number of fused-ring (bicyclic) bond motifs is 1. The molecule has 0 saturated carbocycles. The number of hydrogen-bond acceptors (Lipinski definition) is 6. The van der Waals surface area contributed by atoms with Crippen LogP contribution in [-0.4, -0.2) is 33.9 Å². The fourth-order valence-corrected chi connectivity index (χ4v) is 4.04. The first-order valence-corrected chi connectivity index (χ1v) is 9.59. The lowest BCUT2D eigenvalue weighted by molar-refractivity contribution is 0.102. The molecule has 8 heteroatoms. The molecule has 1 amide bonds. The number of nitrogens with one attached hydrogen (secondary N) is 1. The molecule has 0 unspecified atom stereocenters. The number of anilines is 2. The first-order chi connectivity index (χ1) is 12.4. The molecule has 1 N–H and O–H groups in total. The molecule has 3 heterocycles. The standard InChI is InChI=1S/C18H20ClN5OS/c1-5-24(6-2)16-14-10(3)15(26-18(14)22-11(4)21-16)17(25)23-13-8-7-12(19)9-20-13/h7-9H,5-6H2,1-4H3,(H,20,23,25). The summed E-state index contributed by atoms with van der Waals surface area (Å²) in [5, 5.41) is 4.29. The zero-order valence-corrected chi connectivity index (χ0v) is 16.7. The van der Waals surface area contributed by atoms with Crippen molar-refractivity contribution >= 4 is 50.7 Å². The number of carbonyl (C=O) groups is 1. The van der Waals surface area contributed by atoms with Crippen molar-refractivity contribution in [2.75, 3.05) is 23.3 Å². The highest BCUT2D eigenvalue weighted by atomic mass is 35.5. The number of nitrogens with zero attached hydrogens (tertiary/aromatic N) is 4. The minimum atomic E-state index is -0.205. The van der Waals surface area contributed by atoms with Crippen LogP contribution in [0.4, 0.5) is 11.6 Å². The minimum absolute atomic E-state index is 0.205. The summed E-state index contributed by atoms with van der Waals surface area (Å²) in [5.41, 5.74) is 0.887. The number of pyridine rings is 1. The number of thiophene rings is 1. The third kappa shape index (κ3) is 3.50. The second-order valence-corrected chi connectivity index (χ2v) is 7.25. The molecule has 3 aromatic heterocycles. The van der Waals surface area contributed by atoms with Gasteiger partial charge in [-0.25, -0.2) is 15.0 Å². The van der Waals surface area contributed by atoms with Gasteiger partial charge >= 0.3 is 0 Å². The molecule has 0 aliphatic carbocycles. The lowest BCUT2D eigenvalue weighted by Gasteiger charge is -2.21. The molecule has 0 saturated heterocycles. The average molecular weight is 390 g/mol. The van der Waals surface area contributed by atoms with Gasteiger partial charge in [0.1, 0.15) is 22.3 Å². The first-order valence-electron chi connectivity index (χ1n) is 8.40. The number of amides is 1. The number of hydrogen-bond donors (Lipinski definition) is 1. The highest BCUT2D eigenvalue weighted by Crippen LogP contribution is 2.35. The molecule has 26 heavy (non-hydrogen) atoms. The van der Waals surface area contributed by atoms with Crippen LogP contribution in [0.5, 0.6) is 0 Å². The predicted molar refractivity (Wildman–Crippen MR) is 108 cm³/mol. The summed E-state index contributed by atoms with van der Waals surface area (Å²) < 4.78 is 0. The van der Waals surface area contributed by atoms with Crippen LogP contribution >= 0.6 is 22.9 Å². The fourth-order valence-electron chi connectivity index (χ4n) is 2.81. The lowest BCUT2D eigenvalue weighted by Crippen LogP contribution is -2.23. The van der Waals surface area contributed by atoms with Crippen molar-refractivity contribution in [3.05, 3.63) is 39.6 Å². The lowest BCUT2D eigenvalue weighted by atomic mass is 10.2. The third-order valence-electron chi connectivity index (χ3n) is 4.12. The van der Waals surface area contributed by atoms with Crippen molar-refractivity contribution in [1.29, 1.82) is 0 Å². The van der Waals surface area contributed by atoms with Crippen molar-refractivity contribution in [1.82, 2.24) is 15.0 Å². The molecule has 0 bridgehead atoms. The Balaban J connectivity index is 2.04. The monoisotopic (exact) mass is 389 g/mol. The van der Waals surface area contributed by atoms with Gasteiger partial charge in [-0.15, -0.1) is 11.3 Å². The molecule has 0 radical (unpaired) electrons. The van der Waals surface area contributed by atoms with Gasteiger partial charge in [-0.1, -0.05) is 11.6 Å². The van der Waals surface area contributed by atoms with Gasteiger partial charge in [0.05, 0.1) is 15.3 Å². The van der Waals surface area contributed by atoms with Crippen molar-refractivity contribution in [3.8, 4) is 0 Å². The molecule has 0 atom stereocenters. The maximum Gasteiger partial charge on any atom is 0.267 e. The highest BCUT2D eigenvalue weighted by Gasteiger charge is 2.22. The van der Waals surface area contributed by atoms with Crippen LogP contribution in [0.2, 0.25) is 5.02 Å². The van der Waals surface area contributed by atoms with E-state index in [0.29, 0.717) is 21.5 Å². The quantitative estimate of drug-likeness (QED) is 0.697. The molecule has 3 rings (SSSR count). The van der Waals surface area contributed by atoms with Gasteiger partial charge in [-0.05, 0) is 45.4 Å². The molecule has 3 aromatic rings. The Morgan fingerprint density at radius 1 is 1.23 bits per heavy atom. The summed E-state index contributed by atoms with van der Waals surface area (Å²) in [6, 6.07) is 3.36. The molecule has 0 fully saturated rings. The second-order valence-electron chi connectivity index (χ2n) is 5.82. The predicted octanol–water partition coefficient (Wildman–Crippen LogP) is 4.46. The Labute approximate surface area is 161 Å². The van der Waals surface area contributed by atoms with E-state index >= 15 is 0 Å². The Bertz CT molecular complexity index is 950. The summed E-state index contributed by atoms with van der Waals surface area (Å²) in [6.45, 7) is 9.68. The SMILES string of the molecule is CCN(CC)c1nc(C)nc2sc(C(=O)Nc3ccc(Cl)cn3)c(C)c12. The average Bonchev–Trinajstić information content (AvgIpc) is 2.94. The van der Waals surface area contributed by atoms with Crippen LogP contribution in [0, 0.1) is 13.8 Å². The molecule has 0 aliphatic heterocycles. The van der Waals surface area contributed by atoms with E-state index in [1.165, 1.54) is 17.5 Å². The van der Waals surface area contributed by atoms with E-state index in [2.05, 4.69) is 39.0 Å². The minimum Gasteiger partial charge on any atom is -0.357 e. The van der Waals surface area contributed by atoms with Crippen LogP contribution in [-0.2, 0) is 0 Å². The van der Waals surface area contributed by atoms with Crippen molar-refractivity contribution in [2.45, 2.75) is 27.7 Å². The number of carbonyl (C=O) groups excluding carboxylic acids is 1. The fraction of sp³-hybridized carbons (Fsp3) is 0.333. The van der Waals surface area contributed by atoms with Gasteiger partial charge in [-0.3, -0.25) is 4.79 Å². The molecule has 6 nitrogen and oxygen atoms in total. The van der Waals surface area contributed by atoms with Crippen LogP contribution in [0.25, 0.3) is 10.2 Å². The third-order valence-corrected chi connectivity index (χ3v) is 5.53. The van der Waals surface area contributed by atoms with E-state index in [4.69, 9.17) is 11.6 Å². The van der Waals surface area contributed by atoms with Crippen LogP contribution in [0.15, 0.2) is 18.3 Å². The van der Waals surface area contributed by atoms with E-state index in [0.717, 1.165) is 34.7 Å². The molecular formula is C18H20ClN5OS. The molecular weight excluding hydrogens is 370 g/mol. The smallest absolute Gasteiger partial charge is 0.267 e. The van der Waals surface area contributed by atoms with E-state index in [1.54, 1.807) is 12.1 Å². The zero-order chi connectivity index (χ0) is 18.8. The topological polar surface area (TPSA) is 71.0 Å². The summed E-state index contributed by atoms with van der Waals surface area (Å²) in [5.74, 6) is 1.84. The van der Waals surface area contributed by atoms with E-state index in [9.17, 15) is 4.79 Å². The largest absolute Gasteiger partial charge is 0.357 e. The van der Waals surface area contributed by atoms with Crippen LogP contribution in [0.3, 0.4) is 0 Å². The molecule has 0 aliphatic rings. The van der Waals surface area contributed by atoms with Gasteiger partial charge < -0.3 is 10.2 Å². The van der Waals surface area contributed by atoms with Gasteiger partial charge in [0.2, 0.25) is 0 Å². The highest BCUT2D eigenvalue weighted by molar-refractivity contribution is 7.20. The second kappa shape index (κ2) is 7.55. The number of aromatic nitrogens is 3. The number of halogens is 1. The summed E-state index contributed by atoms with van der Waals surface area (Å²) in [7, 11) is 0. The maximum atomic E-state index is 12.8. The Morgan fingerprint density at radius 2 is 1.96 bits per heavy atom. The van der Waals surface area contributed by atoms with E-state index in [-0.39, 0.29) is 5.91 Å².